The van der Waals surface area contributed by atoms with Crippen LogP contribution >= 0.6 is 0 Å². The van der Waals surface area contributed by atoms with E-state index in [9.17, 15) is 9.59 Å². The topological polar surface area (TPSA) is 123 Å². The van der Waals surface area contributed by atoms with Gasteiger partial charge in [0.25, 0.3) is 0 Å². The molecule has 4 aromatic carbocycles. The van der Waals surface area contributed by atoms with Gasteiger partial charge in [0, 0.05) is 54.5 Å². The van der Waals surface area contributed by atoms with E-state index in [0.29, 0.717) is 0 Å². The standard InChI is InChI=1S/C32H22N4.2C3H6O.H2O/c1-17-11-13-25-21(15-17)27(29-19-7-3-5-9-23(19)33-31(29)35-25)28-22-16-18(2)12-14-26(22)36-32-30(28)20-8-4-6-10-24(20)34-32;2*1-3(2)4;/h3-16H,1-2H3,(H,33,35)(H,34,36);2*1-2H3;1H2. The van der Waals surface area contributed by atoms with Gasteiger partial charge in [-0.25, -0.2) is 9.97 Å². The van der Waals surface area contributed by atoms with Gasteiger partial charge in [-0.3, -0.25) is 0 Å². The number of aryl methyl sites for hydroxylation is 2. The van der Waals surface area contributed by atoms with Gasteiger partial charge >= 0.3 is 0 Å². The van der Waals surface area contributed by atoms with Gasteiger partial charge in [-0.2, -0.15) is 0 Å². The summed E-state index contributed by atoms with van der Waals surface area (Å²) in [6, 6.07) is 30.1. The first-order chi connectivity index (χ1) is 21.1. The Morgan fingerprint density at radius 2 is 0.889 bits per heavy atom. The molecule has 8 rings (SSSR count). The Kier molecular flexibility index (Phi) is 8.49. The van der Waals surface area contributed by atoms with Crippen molar-refractivity contribution in [3.63, 3.8) is 0 Å². The number of para-hydroxylation sites is 2. The minimum absolute atomic E-state index is 0. The molecule has 0 radical (unpaired) electrons. The number of H-pyrrole nitrogens is 2. The average Bonchev–Trinajstić information content (AvgIpc) is 3.52. The van der Waals surface area contributed by atoms with E-state index in [4.69, 9.17) is 9.97 Å². The van der Waals surface area contributed by atoms with E-state index in [1.807, 2.05) is 0 Å². The molecule has 0 aliphatic carbocycles. The number of carbonyl (C=O) groups excluding carboxylic acids is 2. The fourth-order valence-electron chi connectivity index (χ4n) is 5.85. The van der Waals surface area contributed by atoms with Gasteiger partial charge in [0.05, 0.1) is 11.0 Å². The van der Waals surface area contributed by atoms with Crippen molar-refractivity contribution in [3.05, 3.63) is 96.1 Å². The van der Waals surface area contributed by atoms with Crippen molar-refractivity contribution in [2.24, 2.45) is 0 Å². The predicted molar refractivity (Wildman–Crippen MR) is 187 cm³/mol. The third-order valence-electron chi connectivity index (χ3n) is 7.43. The fraction of sp³-hybridized carbons (Fsp3) is 0.158. The number of Topliss-reactive ketones (excluding diaryl/α,β-unsaturated/α-hetero) is 2. The molecule has 0 aliphatic rings. The minimum atomic E-state index is 0. The highest BCUT2D eigenvalue weighted by Crippen LogP contribution is 2.46. The second-order valence-electron chi connectivity index (χ2n) is 11.6. The zero-order chi connectivity index (χ0) is 31.1. The van der Waals surface area contributed by atoms with Gasteiger partial charge in [-0.1, -0.05) is 59.7 Å². The summed E-state index contributed by atoms with van der Waals surface area (Å²) in [5.74, 6) is 0.333. The maximum atomic E-state index is 9.44. The summed E-state index contributed by atoms with van der Waals surface area (Å²) in [6.45, 7) is 10.4. The van der Waals surface area contributed by atoms with Crippen LogP contribution in [0.3, 0.4) is 0 Å². The number of rotatable bonds is 1. The number of aromatic amines is 2. The van der Waals surface area contributed by atoms with Crippen molar-refractivity contribution in [1.82, 2.24) is 19.9 Å². The van der Waals surface area contributed by atoms with Gasteiger partial charge in [0.15, 0.2) is 0 Å². The van der Waals surface area contributed by atoms with Crippen LogP contribution in [0.15, 0.2) is 84.9 Å². The molecule has 226 valence electrons. The lowest BCUT2D eigenvalue weighted by atomic mass is 9.90. The van der Waals surface area contributed by atoms with Crippen LogP contribution in [0.5, 0.6) is 0 Å². The lowest BCUT2D eigenvalue weighted by Crippen LogP contribution is -1.93. The van der Waals surface area contributed by atoms with Crippen molar-refractivity contribution in [3.8, 4) is 11.1 Å². The molecule has 7 nitrogen and oxygen atoms in total. The molecule has 0 amide bonds. The van der Waals surface area contributed by atoms with Crippen LogP contribution in [0, 0.1) is 13.8 Å². The number of carbonyl (C=O) groups is 2. The van der Waals surface area contributed by atoms with Crippen LogP contribution in [-0.2, 0) is 9.59 Å². The molecule has 0 atom stereocenters. The lowest BCUT2D eigenvalue weighted by molar-refractivity contribution is -0.115. The van der Waals surface area contributed by atoms with Crippen LogP contribution in [0.2, 0.25) is 0 Å². The summed E-state index contributed by atoms with van der Waals surface area (Å²) >= 11 is 0. The summed E-state index contributed by atoms with van der Waals surface area (Å²) in [7, 11) is 0. The van der Waals surface area contributed by atoms with E-state index < -0.39 is 0 Å². The molecular weight excluding hydrogens is 560 g/mol. The van der Waals surface area contributed by atoms with Gasteiger partial charge in [-0.15, -0.1) is 0 Å². The molecule has 4 N–H and O–H groups in total. The summed E-state index contributed by atoms with van der Waals surface area (Å²) in [5, 5.41) is 7.00. The number of aromatic nitrogens is 4. The molecular formula is C38H36N4O3. The predicted octanol–water partition coefficient (Wildman–Crippen LogP) is 8.70. The fourth-order valence-corrected chi connectivity index (χ4v) is 5.85. The van der Waals surface area contributed by atoms with Crippen LogP contribution in [0.1, 0.15) is 38.8 Å². The van der Waals surface area contributed by atoms with Crippen molar-refractivity contribution >= 4 is 77.2 Å². The maximum absolute atomic E-state index is 9.44. The second-order valence-corrected chi connectivity index (χ2v) is 11.6. The summed E-state index contributed by atoms with van der Waals surface area (Å²) < 4.78 is 0. The number of nitrogens with one attached hydrogen (secondary N) is 2. The molecule has 0 bridgehead atoms. The maximum Gasteiger partial charge on any atom is 0.139 e. The Hall–Kier alpha value is -5.40. The third kappa shape index (κ3) is 5.78. The molecule has 0 spiro atoms. The molecule has 0 aliphatic heterocycles. The molecule has 8 aromatic rings. The number of hydrogen-bond acceptors (Lipinski definition) is 4. The number of fused-ring (bicyclic) bond motifs is 8. The van der Waals surface area contributed by atoms with Crippen LogP contribution in [-0.4, -0.2) is 37.0 Å². The van der Waals surface area contributed by atoms with E-state index in [0.717, 1.165) is 54.9 Å². The number of benzene rings is 4. The van der Waals surface area contributed by atoms with E-state index in [1.54, 1.807) is 0 Å². The summed E-state index contributed by atoms with van der Waals surface area (Å²) in [5.41, 5.74) is 10.8. The largest absolute Gasteiger partial charge is 0.412 e. The number of pyridine rings is 2. The average molecular weight is 597 g/mol. The molecule has 0 saturated heterocycles. The molecule has 0 fully saturated rings. The van der Waals surface area contributed by atoms with E-state index >= 15 is 0 Å². The first kappa shape index (κ1) is 31.0. The molecule has 7 heteroatoms. The van der Waals surface area contributed by atoms with Crippen LogP contribution < -0.4 is 0 Å². The molecule has 0 saturated carbocycles. The highest BCUT2D eigenvalue weighted by molar-refractivity contribution is 6.29. The third-order valence-corrected chi connectivity index (χ3v) is 7.43. The number of ketones is 2. The van der Waals surface area contributed by atoms with Gasteiger partial charge in [0.2, 0.25) is 0 Å². The molecule has 0 unspecified atom stereocenters. The van der Waals surface area contributed by atoms with Crippen LogP contribution in [0.25, 0.3) is 76.8 Å². The van der Waals surface area contributed by atoms with E-state index in [2.05, 4.69) is 109 Å². The molecule has 45 heavy (non-hydrogen) atoms. The molecule has 4 aromatic heterocycles. The normalized spacial score (nSPS) is 10.9. The zero-order valence-corrected chi connectivity index (χ0v) is 26.3. The van der Waals surface area contributed by atoms with E-state index in [1.165, 1.54) is 60.7 Å². The van der Waals surface area contributed by atoms with Crippen molar-refractivity contribution in [2.75, 3.05) is 0 Å². The Morgan fingerprint density at radius 1 is 0.533 bits per heavy atom. The Morgan fingerprint density at radius 3 is 1.27 bits per heavy atom. The second kappa shape index (κ2) is 12.3. The van der Waals surface area contributed by atoms with Gasteiger partial charge in [0.1, 0.15) is 22.9 Å². The number of hydrogen-bond donors (Lipinski definition) is 2. The van der Waals surface area contributed by atoms with Crippen molar-refractivity contribution in [2.45, 2.75) is 41.5 Å². The monoisotopic (exact) mass is 596 g/mol. The highest BCUT2D eigenvalue weighted by Gasteiger charge is 2.22. The Bertz CT molecular complexity index is 2220. The molecule has 4 heterocycles. The van der Waals surface area contributed by atoms with Crippen molar-refractivity contribution < 1.29 is 15.1 Å². The van der Waals surface area contributed by atoms with E-state index in [-0.39, 0.29) is 17.0 Å². The Labute approximate surface area is 260 Å². The van der Waals surface area contributed by atoms with Crippen molar-refractivity contribution in [1.29, 1.82) is 0 Å². The lowest BCUT2D eigenvalue weighted by Gasteiger charge is -2.15. The summed E-state index contributed by atoms with van der Waals surface area (Å²) in [4.78, 5) is 36.3. The smallest absolute Gasteiger partial charge is 0.139 e. The first-order valence-corrected chi connectivity index (χ1v) is 14.7. The van der Waals surface area contributed by atoms with Gasteiger partial charge in [-0.05, 0) is 77.9 Å². The zero-order valence-electron chi connectivity index (χ0n) is 26.3. The highest BCUT2D eigenvalue weighted by atomic mass is 16.1. The van der Waals surface area contributed by atoms with Crippen LogP contribution in [0.4, 0.5) is 0 Å². The number of nitrogens with zero attached hydrogens (tertiary/aromatic N) is 2. The quantitative estimate of drug-likeness (QED) is 0.197. The SMILES string of the molecule is CC(C)=O.CC(C)=O.Cc1ccc2nc3[nH]c4ccccc4c3c(-c3c4cc(C)ccc4nc4[nH]c5ccccc5c34)c2c1.O. The Balaban J connectivity index is 0.000000402. The minimum Gasteiger partial charge on any atom is -0.412 e. The summed E-state index contributed by atoms with van der Waals surface area (Å²) in [6.07, 6.45) is 0. The first-order valence-electron chi connectivity index (χ1n) is 14.7. The van der Waals surface area contributed by atoms with Gasteiger partial charge < -0.3 is 25.0 Å².